The van der Waals surface area contributed by atoms with Gasteiger partial charge in [0, 0.05) is 37.4 Å². The van der Waals surface area contributed by atoms with Crippen molar-refractivity contribution in [3.05, 3.63) is 47.2 Å². The topological polar surface area (TPSA) is 79.3 Å². The van der Waals surface area contributed by atoms with Crippen LogP contribution in [0.3, 0.4) is 0 Å². The van der Waals surface area contributed by atoms with Crippen molar-refractivity contribution < 1.29 is 9.59 Å². The average Bonchev–Trinajstić information content (AvgIpc) is 3.13. The van der Waals surface area contributed by atoms with E-state index in [0.29, 0.717) is 17.1 Å². The van der Waals surface area contributed by atoms with Gasteiger partial charge in [-0.25, -0.2) is 4.68 Å². The predicted molar refractivity (Wildman–Crippen MR) is 99.6 cm³/mol. The first-order valence-corrected chi connectivity index (χ1v) is 8.97. The molecule has 138 valence electrons. The zero-order valence-corrected chi connectivity index (χ0v) is 15.4. The van der Waals surface area contributed by atoms with Gasteiger partial charge in [-0.1, -0.05) is 17.7 Å². The third-order valence-corrected chi connectivity index (χ3v) is 4.72. The Morgan fingerprint density at radius 3 is 2.77 bits per heavy atom. The molecule has 0 spiro atoms. The summed E-state index contributed by atoms with van der Waals surface area (Å²) in [5.74, 6) is -0.121. The Morgan fingerprint density at radius 2 is 2.08 bits per heavy atom. The molecule has 0 saturated carbocycles. The van der Waals surface area contributed by atoms with Gasteiger partial charge in [-0.05, 0) is 31.0 Å². The Kier molecular flexibility index (Phi) is 5.90. The lowest BCUT2D eigenvalue weighted by atomic mass is 10.0. The second-order valence-electron chi connectivity index (χ2n) is 6.35. The van der Waals surface area contributed by atoms with Crippen LogP contribution in [-0.2, 0) is 4.79 Å². The first-order valence-electron chi connectivity index (χ1n) is 8.59. The van der Waals surface area contributed by atoms with Crippen molar-refractivity contribution in [1.29, 1.82) is 0 Å². The monoisotopic (exact) mass is 375 g/mol. The number of hydrogen-bond acceptors (Lipinski definition) is 4. The number of piperidine rings is 1. The maximum atomic E-state index is 12.5. The van der Waals surface area contributed by atoms with E-state index in [0.717, 1.165) is 31.6 Å². The number of amides is 2. The molecule has 1 fully saturated rings. The van der Waals surface area contributed by atoms with Gasteiger partial charge in [0.2, 0.25) is 5.91 Å². The van der Waals surface area contributed by atoms with Crippen LogP contribution in [-0.4, -0.2) is 59.2 Å². The van der Waals surface area contributed by atoms with Gasteiger partial charge in [0.1, 0.15) is 0 Å². The molecule has 1 aromatic heterocycles. The number of carbonyl (C=O) groups is 2. The number of carbonyl (C=O) groups excluding carboxylic acids is 2. The second-order valence-corrected chi connectivity index (χ2v) is 6.79. The number of nitrogens with zero attached hydrogens (tertiary/aromatic N) is 3. The Hall–Kier alpha value is -2.38. The van der Waals surface area contributed by atoms with Crippen LogP contribution in [0, 0.1) is 0 Å². The van der Waals surface area contributed by atoms with Crippen LogP contribution in [0.25, 0.3) is 5.69 Å². The molecule has 8 heteroatoms. The molecule has 2 heterocycles. The fourth-order valence-electron chi connectivity index (χ4n) is 2.99. The van der Waals surface area contributed by atoms with Crippen LogP contribution in [0.2, 0.25) is 5.02 Å². The van der Waals surface area contributed by atoms with Crippen molar-refractivity contribution in [2.75, 3.05) is 26.7 Å². The molecule has 1 aliphatic rings. The first-order chi connectivity index (χ1) is 12.5. The highest BCUT2D eigenvalue weighted by Gasteiger charge is 2.22. The molecular weight excluding hydrogens is 354 g/mol. The van der Waals surface area contributed by atoms with E-state index < -0.39 is 0 Å². The third-order valence-electron chi connectivity index (χ3n) is 4.49. The number of hydrogen-bond donors (Lipinski definition) is 2. The van der Waals surface area contributed by atoms with Crippen molar-refractivity contribution in [2.24, 2.45) is 0 Å². The van der Waals surface area contributed by atoms with E-state index in [-0.39, 0.29) is 17.9 Å². The molecule has 0 unspecified atom stereocenters. The standard InChI is InChI=1S/C18H22ClN5O2/c1-20-17(25)12-23-7-5-15(6-8-23)22-18(26)13-10-21-24(11-13)16-4-2-3-14(19)9-16/h2-4,9-11,15H,5-8,12H2,1H3,(H,20,25)(H,22,26). The molecule has 2 N–H and O–H groups in total. The summed E-state index contributed by atoms with van der Waals surface area (Å²) in [6, 6.07) is 7.41. The smallest absolute Gasteiger partial charge is 0.254 e. The number of aromatic nitrogens is 2. The number of likely N-dealkylation sites (N-methyl/N-ethyl adjacent to an activating group) is 1. The molecule has 0 aliphatic carbocycles. The van der Waals surface area contributed by atoms with Gasteiger partial charge in [0.25, 0.3) is 5.91 Å². The van der Waals surface area contributed by atoms with Crippen LogP contribution < -0.4 is 10.6 Å². The van der Waals surface area contributed by atoms with Gasteiger partial charge in [0.05, 0.1) is 24.0 Å². The van der Waals surface area contributed by atoms with E-state index in [1.807, 2.05) is 12.1 Å². The van der Waals surface area contributed by atoms with Crippen molar-refractivity contribution in [3.8, 4) is 5.69 Å². The Labute approximate surface area is 157 Å². The second kappa shape index (κ2) is 8.33. The molecule has 1 saturated heterocycles. The molecular formula is C18H22ClN5O2. The molecule has 1 aliphatic heterocycles. The summed E-state index contributed by atoms with van der Waals surface area (Å²) in [4.78, 5) is 26.0. The summed E-state index contributed by atoms with van der Waals surface area (Å²) in [5, 5.41) is 10.5. The van der Waals surface area contributed by atoms with E-state index in [2.05, 4.69) is 20.6 Å². The van der Waals surface area contributed by atoms with Crippen LogP contribution >= 0.6 is 11.6 Å². The van der Waals surface area contributed by atoms with E-state index in [9.17, 15) is 9.59 Å². The number of rotatable bonds is 5. The van der Waals surface area contributed by atoms with Gasteiger partial charge in [0.15, 0.2) is 0 Å². The molecule has 2 aromatic rings. The first kappa shape index (κ1) is 18.4. The van der Waals surface area contributed by atoms with Crippen molar-refractivity contribution in [3.63, 3.8) is 0 Å². The van der Waals surface area contributed by atoms with E-state index in [1.165, 1.54) is 0 Å². The molecule has 0 atom stereocenters. The largest absolute Gasteiger partial charge is 0.358 e. The fraction of sp³-hybridized carbons (Fsp3) is 0.389. The van der Waals surface area contributed by atoms with Crippen LogP contribution in [0.15, 0.2) is 36.7 Å². The normalized spacial score (nSPS) is 15.6. The van der Waals surface area contributed by atoms with E-state index in [4.69, 9.17) is 11.6 Å². The zero-order valence-electron chi connectivity index (χ0n) is 14.6. The molecule has 3 rings (SSSR count). The van der Waals surface area contributed by atoms with E-state index >= 15 is 0 Å². The Bertz CT molecular complexity index is 783. The minimum absolute atomic E-state index is 0.0147. The minimum atomic E-state index is -0.136. The highest BCUT2D eigenvalue weighted by atomic mass is 35.5. The lowest BCUT2D eigenvalue weighted by Crippen LogP contribution is -2.47. The summed E-state index contributed by atoms with van der Waals surface area (Å²) >= 11 is 6.00. The fourth-order valence-corrected chi connectivity index (χ4v) is 3.17. The maximum absolute atomic E-state index is 12.5. The molecule has 26 heavy (non-hydrogen) atoms. The third kappa shape index (κ3) is 4.62. The van der Waals surface area contributed by atoms with Crippen LogP contribution in [0.1, 0.15) is 23.2 Å². The Morgan fingerprint density at radius 1 is 1.31 bits per heavy atom. The van der Waals surface area contributed by atoms with Gasteiger partial charge in [-0.15, -0.1) is 0 Å². The van der Waals surface area contributed by atoms with Crippen LogP contribution in [0.5, 0.6) is 0 Å². The SMILES string of the molecule is CNC(=O)CN1CCC(NC(=O)c2cnn(-c3cccc(Cl)c3)c2)CC1. The van der Waals surface area contributed by atoms with Crippen LogP contribution in [0.4, 0.5) is 0 Å². The molecule has 0 radical (unpaired) electrons. The van der Waals surface area contributed by atoms with E-state index in [1.54, 1.807) is 36.3 Å². The summed E-state index contributed by atoms with van der Waals surface area (Å²) < 4.78 is 1.63. The summed E-state index contributed by atoms with van der Waals surface area (Å²) in [5.41, 5.74) is 1.32. The summed E-state index contributed by atoms with van der Waals surface area (Å²) in [6.45, 7) is 1.99. The van der Waals surface area contributed by atoms with Crippen molar-refractivity contribution >= 4 is 23.4 Å². The number of halogens is 1. The lowest BCUT2D eigenvalue weighted by molar-refractivity contribution is -0.122. The summed E-state index contributed by atoms with van der Waals surface area (Å²) in [6.07, 6.45) is 4.90. The molecule has 1 aromatic carbocycles. The molecule has 7 nitrogen and oxygen atoms in total. The number of benzene rings is 1. The molecule has 0 bridgehead atoms. The highest BCUT2D eigenvalue weighted by Crippen LogP contribution is 2.15. The quantitative estimate of drug-likeness (QED) is 0.829. The van der Waals surface area contributed by atoms with Gasteiger partial charge < -0.3 is 10.6 Å². The number of nitrogens with one attached hydrogen (secondary N) is 2. The highest BCUT2D eigenvalue weighted by molar-refractivity contribution is 6.30. The molecule has 2 amide bonds. The predicted octanol–water partition coefficient (Wildman–Crippen LogP) is 1.47. The zero-order chi connectivity index (χ0) is 18.5. The van der Waals surface area contributed by atoms with Gasteiger partial charge in [-0.2, -0.15) is 5.10 Å². The van der Waals surface area contributed by atoms with Gasteiger partial charge >= 0.3 is 0 Å². The van der Waals surface area contributed by atoms with Crippen molar-refractivity contribution in [2.45, 2.75) is 18.9 Å². The minimum Gasteiger partial charge on any atom is -0.358 e. The van der Waals surface area contributed by atoms with Gasteiger partial charge in [-0.3, -0.25) is 14.5 Å². The lowest BCUT2D eigenvalue weighted by Gasteiger charge is -2.31. The average molecular weight is 376 g/mol. The van der Waals surface area contributed by atoms with Crippen molar-refractivity contribution in [1.82, 2.24) is 25.3 Å². The maximum Gasteiger partial charge on any atom is 0.254 e. The Balaban J connectivity index is 1.54. The summed E-state index contributed by atoms with van der Waals surface area (Å²) in [7, 11) is 1.64. The number of likely N-dealkylation sites (tertiary alicyclic amines) is 1.